The molecule has 0 unspecified atom stereocenters. The fraction of sp³-hybridized carbons (Fsp3) is 0.667. The summed E-state index contributed by atoms with van der Waals surface area (Å²) in [5, 5.41) is 26.0. The molecule has 2 N–H and O–H groups in total. The second-order valence-corrected chi connectivity index (χ2v) is 2.77. The van der Waals surface area contributed by atoms with Gasteiger partial charge in [-0.05, 0) is 12.8 Å². The predicted molar refractivity (Wildman–Crippen MR) is 46.3 cm³/mol. The molecule has 1 heterocycles. The van der Waals surface area contributed by atoms with E-state index in [1.54, 1.807) is 0 Å². The van der Waals surface area contributed by atoms with Gasteiger partial charge in [0.1, 0.15) is 9.85 Å². The SMILES string of the molecule is O=[N+]([O-])C(=C1NCCCCN1)[N+](=O)[O-]. The van der Waals surface area contributed by atoms with Crippen LogP contribution < -0.4 is 10.6 Å². The Morgan fingerprint density at radius 2 is 1.50 bits per heavy atom. The van der Waals surface area contributed by atoms with Gasteiger partial charge < -0.3 is 10.6 Å². The van der Waals surface area contributed by atoms with Crippen molar-refractivity contribution in [2.24, 2.45) is 0 Å². The van der Waals surface area contributed by atoms with Crippen LogP contribution in [0.3, 0.4) is 0 Å². The van der Waals surface area contributed by atoms with Gasteiger partial charge in [-0.25, -0.2) is 0 Å². The van der Waals surface area contributed by atoms with Crippen LogP contribution >= 0.6 is 0 Å². The zero-order valence-corrected chi connectivity index (χ0v) is 7.36. The van der Waals surface area contributed by atoms with E-state index < -0.39 is 15.7 Å². The lowest BCUT2D eigenvalue weighted by molar-refractivity contribution is -0.618. The Morgan fingerprint density at radius 1 is 1.07 bits per heavy atom. The van der Waals surface area contributed by atoms with Gasteiger partial charge in [0.25, 0.3) is 5.82 Å². The van der Waals surface area contributed by atoms with Crippen molar-refractivity contribution >= 4 is 0 Å². The maximum atomic E-state index is 10.4. The third kappa shape index (κ3) is 2.31. The van der Waals surface area contributed by atoms with Crippen LogP contribution in [0, 0.1) is 20.2 Å². The number of nitrogens with zero attached hydrogens (tertiary/aromatic N) is 2. The molecule has 1 saturated heterocycles. The van der Waals surface area contributed by atoms with Crippen molar-refractivity contribution in [3.05, 3.63) is 31.9 Å². The molecule has 8 nitrogen and oxygen atoms in total. The lowest BCUT2D eigenvalue weighted by Gasteiger charge is -2.03. The molecule has 1 fully saturated rings. The molecule has 0 aromatic heterocycles. The maximum absolute atomic E-state index is 10.4. The minimum Gasteiger partial charge on any atom is -0.360 e. The van der Waals surface area contributed by atoms with Crippen molar-refractivity contribution in [1.29, 1.82) is 0 Å². The zero-order chi connectivity index (χ0) is 10.6. The Labute approximate surface area is 79.3 Å². The Balaban J connectivity index is 2.94. The van der Waals surface area contributed by atoms with Crippen molar-refractivity contribution in [3.8, 4) is 0 Å². The molecule has 0 saturated carbocycles. The number of hydrogen-bond donors (Lipinski definition) is 2. The Kier molecular flexibility index (Phi) is 3.21. The van der Waals surface area contributed by atoms with Gasteiger partial charge in [0.15, 0.2) is 0 Å². The maximum Gasteiger partial charge on any atom is 0.599 e. The van der Waals surface area contributed by atoms with E-state index in [1.807, 2.05) is 0 Å². The van der Waals surface area contributed by atoms with Crippen LogP contribution in [0.2, 0.25) is 0 Å². The van der Waals surface area contributed by atoms with Crippen molar-refractivity contribution < 1.29 is 9.85 Å². The topological polar surface area (TPSA) is 110 Å². The van der Waals surface area contributed by atoms with E-state index in [9.17, 15) is 20.2 Å². The van der Waals surface area contributed by atoms with E-state index in [2.05, 4.69) is 10.6 Å². The Morgan fingerprint density at radius 3 is 1.86 bits per heavy atom. The first-order valence-corrected chi connectivity index (χ1v) is 4.13. The largest absolute Gasteiger partial charge is 0.599 e. The van der Waals surface area contributed by atoms with E-state index in [0.717, 1.165) is 12.8 Å². The van der Waals surface area contributed by atoms with Crippen LogP contribution in [0.4, 0.5) is 0 Å². The second kappa shape index (κ2) is 4.40. The van der Waals surface area contributed by atoms with E-state index in [-0.39, 0.29) is 5.82 Å². The van der Waals surface area contributed by atoms with Crippen LogP contribution in [0.5, 0.6) is 0 Å². The van der Waals surface area contributed by atoms with Crippen molar-refractivity contribution in [1.82, 2.24) is 10.6 Å². The smallest absolute Gasteiger partial charge is 0.360 e. The number of hydrogen-bond acceptors (Lipinski definition) is 6. The lowest BCUT2D eigenvalue weighted by atomic mass is 10.3. The van der Waals surface area contributed by atoms with Crippen molar-refractivity contribution in [2.75, 3.05) is 13.1 Å². The molecule has 1 aliphatic rings. The third-order valence-corrected chi connectivity index (χ3v) is 1.78. The van der Waals surface area contributed by atoms with Crippen molar-refractivity contribution in [2.45, 2.75) is 12.8 Å². The van der Waals surface area contributed by atoms with Crippen molar-refractivity contribution in [3.63, 3.8) is 0 Å². The third-order valence-electron chi connectivity index (χ3n) is 1.78. The normalized spacial score (nSPS) is 16.1. The first-order chi connectivity index (χ1) is 6.63. The molecule has 0 atom stereocenters. The van der Waals surface area contributed by atoms with E-state index in [4.69, 9.17) is 0 Å². The first kappa shape index (κ1) is 10.2. The molecule has 0 aromatic rings. The van der Waals surface area contributed by atoms with Gasteiger partial charge in [-0.15, -0.1) is 0 Å². The summed E-state index contributed by atoms with van der Waals surface area (Å²) in [4.78, 5) is 18.8. The summed E-state index contributed by atoms with van der Waals surface area (Å²) in [6.07, 6.45) is 1.67. The second-order valence-electron chi connectivity index (χ2n) is 2.77. The highest BCUT2D eigenvalue weighted by molar-refractivity contribution is 4.98. The highest BCUT2D eigenvalue weighted by Crippen LogP contribution is 2.04. The van der Waals surface area contributed by atoms with Crippen LogP contribution in [-0.4, -0.2) is 22.9 Å². The lowest BCUT2D eigenvalue weighted by Crippen LogP contribution is -2.30. The van der Waals surface area contributed by atoms with Gasteiger partial charge in [-0.2, -0.15) is 0 Å². The van der Waals surface area contributed by atoms with Crippen LogP contribution in [0.15, 0.2) is 11.6 Å². The molecule has 8 heteroatoms. The summed E-state index contributed by atoms with van der Waals surface area (Å²) in [6, 6.07) is 0. The average Bonchev–Trinajstić information content (AvgIpc) is 2.31. The van der Waals surface area contributed by atoms with Crippen LogP contribution in [0.25, 0.3) is 0 Å². The summed E-state index contributed by atoms with van der Waals surface area (Å²) in [7, 11) is 0. The summed E-state index contributed by atoms with van der Waals surface area (Å²) < 4.78 is 0. The number of nitro groups is 2. The van der Waals surface area contributed by atoms with Crippen LogP contribution in [0.1, 0.15) is 12.8 Å². The van der Waals surface area contributed by atoms with Gasteiger partial charge in [0, 0.05) is 13.1 Å². The Bertz CT molecular complexity index is 262. The fourth-order valence-corrected chi connectivity index (χ4v) is 1.15. The first-order valence-electron chi connectivity index (χ1n) is 4.13. The summed E-state index contributed by atoms with van der Waals surface area (Å²) in [6.45, 7) is 1.01. The molecule has 0 aliphatic carbocycles. The van der Waals surface area contributed by atoms with E-state index >= 15 is 0 Å². The molecule has 1 aliphatic heterocycles. The molecule has 0 aromatic carbocycles. The molecule has 1 rings (SSSR count). The van der Waals surface area contributed by atoms with Gasteiger partial charge in [0.2, 0.25) is 0 Å². The highest BCUT2D eigenvalue weighted by atomic mass is 16.7. The zero-order valence-electron chi connectivity index (χ0n) is 7.36. The number of rotatable bonds is 2. The van der Waals surface area contributed by atoms with Crippen LogP contribution in [-0.2, 0) is 0 Å². The monoisotopic (exact) mass is 202 g/mol. The predicted octanol–water partition coefficient (Wildman–Crippen LogP) is -0.361. The average molecular weight is 202 g/mol. The number of nitrogens with one attached hydrogen (secondary N) is 2. The molecule has 0 bridgehead atoms. The molecule has 14 heavy (non-hydrogen) atoms. The standard InChI is InChI=1S/C6H10N4O4/c11-9(12)6(10(13)14)5-7-3-1-2-4-8-5/h7-8H,1-4H2. The summed E-state index contributed by atoms with van der Waals surface area (Å²) in [5.74, 6) is -1.12. The summed E-state index contributed by atoms with van der Waals surface area (Å²) >= 11 is 0. The molecule has 78 valence electrons. The Hall–Kier alpha value is -1.86. The van der Waals surface area contributed by atoms with Gasteiger partial charge >= 0.3 is 5.82 Å². The molecular formula is C6H10N4O4. The minimum atomic E-state index is -1.02. The molecule has 0 spiro atoms. The van der Waals surface area contributed by atoms with Gasteiger partial charge in [-0.3, -0.25) is 20.2 Å². The molecule has 0 radical (unpaired) electrons. The minimum absolute atomic E-state index is 0.0995. The summed E-state index contributed by atoms with van der Waals surface area (Å²) in [5.41, 5.74) is 0. The van der Waals surface area contributed by atoms with E-state index in [0.29, 0.717) is 13.1 Å². The highest BCUT2D eigenvalue weighted by Gasteiger charge is 2.32. The quantitative estimate of drug-likeness (QED) is 0.467. The van der Waals surface area contributed by atoms with Gasteiger partial charge in [0.05, 0.1) is 0 Å². The van der Waals surface area contributed by atoms with Gasteiger partial charge in [-0.1, -0.05) is 0 Å². The van der Waals surface area contributed by atoms with E-state index in [1.165, 1.54) is 0 Å². The fourth-order valence-electron chi connectivity index (χ4n) is 1.15. The molecule has 0 amide bonds. The molecular weight excluding hydrogens is 192 g/mol.